The Balaban J connectivity index is 1.24. The number of nitrogens with one attached hydrogen (secondary N) is 1. The summed E-state index contributed by atoms with van der Waals surface area (Å²) in [6, 6.07) is 0.719. The number of hydrogen-bond acceptors (Lipinski definition) is 10. The highest BCUT2D eigenvalue weighted by atomic mass is 19.4. The van der Waals surface area contributed by atoms with E-state index in [1.807, 2.05) is 6.92 Å². The van der Waals surface area contributed by atoms with Gasteiger partial charge in [-0.2, -0.15) is 23.1 Å². The van der Waals surface area contributed by atoms with Crippen LogP contribution in [0, 0.1) is 24.0 Å². The Labute approximate surface area is 280 Å². The van der Waals surface area contributed by atoms with Crippen LogP contribution in [-0.4, -0.2) is 90.1 Å². The molecule has 1 aliphatic carbocycles. The van der Waals surface area contributed by atoms with Crippen molar-refractivity contribution in [3.63, 3.8) is 0 Å². The molecule has 0 spiro atoms. The maximum Gasteiger partial charge on any atom is 0.417 e. The first-order valence-electron chi connectivity index (χ1n) is 17.1. The van der Waals surface area contributed by atoms with Gasteiger partial charge in [0.25, 0.3) is 0 Å². The second kappa shape index (κ2) is 12.0. The molecule has 4 aliphatic heterocycles. The van der Waals surface area contributed by atoms with E-state index in [4.69, 9.17) is 24.9 Å². The predicted octanol–water partition coefficient (Wildman–Crippen LogP) is 5.24. The molecule has 3 aromatic rings. The molecule has 4 atom stereocenters. The minimum Gasteiger partial charge on any atom is -0.472 e. The Kier molecular flexibility index (Phi) is 8.02. The summed E-state index contributed by atoms with van der Waals surface area (Å²) in [4.78, 5) is 18.2. The molecule has 6 heterocycles. The second-order valence-corrected chi connectivity index (χ2v) is 14.4. The third-order valence-corrected chi connectivity index (χ3v) is 10.8. The molecule has 0 amide bonds. The van der Waals surface area contributed by atoms with E-state index in [9.17, 15) is 17.6 Å². The zero-order chi connectivity index (χ0) is 34.2. The third-order valence-electron chi connectivity index (χ3n) is 10.8. The number of aromatic nitrogens is 3. The van der Waals surface area contributed by atoms with E-state index >= 15 is 4.39 Å². The number of anilines is 2. The molecule has 1 aromatic carbocycles. The van der Waals surface area contributed by atoms with Gasteiger partial charge in [0.15, 0.2) is 5.82 Å². The summed E-state index contributed by atoms with van der Waals surface area (Å²) in [7, 11) is 0. The van der Waals surface area contributed by atoms with Crippen LogP contribution in [-0.2, 0) is 10.9 Å². The topological polar surface area (TPSA) is 111 Å². The average Bonchev–Trinajstić information content (AvgIpc) is 3.73. The smallest absolute Gasteiger partial charge is 0.417 e. The first kappa shape index (κ1) is 32.6. The highest BCUT2D eigenvalue weighted by molar-refractivity contribution is 5.97. The van der Waals surface area contributed by atoms with Crippen LogP contribution in [0.25, 0.3) is 22.2 Å². The summed E-state index contributed by atoms with van der Waals surface area (Å²) in [6.07, 6.45) is 0.162. The van der Waals surface area contributed by atoms with E-state index in [2.05, 4.69) is 25.1 Å². The Morgan fingerprint density at radius 1 is 1.08 bits per heavy atom. The summed E-state index contributed by atoms with van der Waals surface area (Å²) in [5.41, 5.74) is 1.36. The lowest BCUT2D eigenvalue weighted by Crippen LogP contribution is -2.62. The molecule has 2 bridgehead atoms. The van der Waals surface area contributed by atoms with E-state index in [0.717, 1.165) is 84.4 Å². The van der Waals surface area contributed by atoms with Gasteiger partial charge >= 0.3 is 12.2 Å². The van der Waals surface area contributed by atoms with Gasteiger partial charge < -0.3 is 35.1 Å². The molecule has 3 N–H and O–H groups in total. The van der Waals surface area contributed by atoms with Gasteiger partial charge in [-0.3, -0.25) is 0 Å². The number of nitrogens with two attached hydrogens (primary N) is 1. The van der Waals surface area contributed by atoms with E-state index in [1.165, 1.54) is 0 Å². The molecule has 5 aliphatic rings. The number of alkyl halides is 3. The molecule has 4 fully saturated rings. The molecule has 8 rings (SSSR count). The Morgan fingerprint density at radius 2 is 1.84 bits per heavy atom. The number of nitrogens with zero attached hydrogens (tertiary/aromatic N) is 5. The highest BCUT2D eigenvalue weighted by Crippen LogP contribution is 2.49. The normalized spacial score (nSPS) is 26.5. The molecular formula is C34H40F5N7O3. The van der Waals surface area contributed by atoms with Crippen molar-refractivity contribution in [3.05, 3.63) is 28.8 Å². The van der Waals surface area contributed by atoms with Crippen LogP contribution in [0.3, 0.4) is 0 Å². The second-order valence-electron chi connectivity index (χ2n) is 14.4. The van der Waals surface area contributed by atoms with Crippen molar-refractivity contribution in [2.45, 2.75) is 82.8 Å². The fraction of sp³-hybridized carbons (Fsp3) is 0.618. The maximum absolute atomic E-state index is 16.9. The molecule has 2 aromatic heterocycles. The number of rotatable bonds is 6. The zero-order valence-electron chi connectivity index (χ0n) is 27.5. The minimum absolute atomic E-state index is 0.0519. The molecule has 0 unspecified atom stereocenters. The van der Waals surface area contributed by atoms with Gasteiger partial charge in [0.2, 0.25) is 5.88 Å². The van der Waals surface area contributed by atoms with Crippen molar-refractivity contribution in [3.8, 4) is 23.1 Å². The number of ether oxygens (including phenoxy) is 3. The Bertz CT molecular complexity index is 1780. The largest absolute Gasteiger partial charge is 0.472 e. The van der Waals surface area contributed by atoms with Crippen LogP contribution in [0.1, 0.15) is 56.6 Å². The lowest BCUT2D eigenvalue weighted by Gasteiger charge is -2.42. The van der Waals surface area contributed by atoms with Gasteiger partial charge in [-0.25, -0.2) is 13.8 Å². The molecule has 1 saturated carbocycles. The number of nitrogen functional groups attached to an aromatic ring is 1. The predicted molar refractivity (Wildman–Crippen MR) is 172 cm³/mol. The van der Waals surface area contributed by atoms with Crippen LogP contribution < -0.4 is 25.4 Å². The average molecular weight is 690 g/mol. The van der Waals surface area contributed by atoms with E-state index in [1.54, 1.807) is 0 Å². The quantitative estimate of drug-likeness (QED) is 0.264. The number of fused-ring (bicyclic) bond motifs is 5. The standard InChI is InChI=1S/C34H40F5N7O3/c1-17-24(34(37,38)39)20(13-21(40)25(17)35)27-26(36)28-23-30(46-14-19-5-6-22(41-19)29(46)18(2)49-31(23)42-27)44-32(43-28)48-16-33(7-8-33)15-45-9-3-11-47-12-4-10-45/h13,18-19,22,29,41H,3-12,14-16,40H2,1-2H3/t18-,19+,22-,29+/m0/s1. The van der Waals surface area contributed by atoms with Crippen LogP contribution >= 0.6 is 0 Å². The fourth-order valence-electron chi connectivity index (χ4n) is 8.27. The molecule has 10 nitrogen and oxygen atoms in total. The number of piperazine rings is 1. The number of halogens is 5. The minimum atomic E-state index is -5.03. The molecule has 3 saturated heterocycles. The molecular weight excluding hydrogens is 649 g/mol. The number of pyridine rings is 1. The zero-order valence-corrected chi connectivity index (χ0v) is 27.5. The van der Waals surface area contributed by atoms with Gasteiger partial charge in [-0.05, 0) is 64.0 Å². The Hall–Kier alpha value is -3.56. The summed E-state index contributed by atoms with van der Waals surface area (Å²) < 4.78 is 93.2. The lowest BCUT2D eigenvalue weighted by atomic mass is 9.96. The van der Waals surface area contributed by atoms with Crippen molar-refractivity contribution in [2.24, 2.45) is 5.41 Å². The molecule has 264 valence electrons. The van der Waals surface area contributed by atoms with Crippen molar-refractivity contribution in [2.75, 3.05) is 56.6 Å². The van der Waals surface area contributed by atoms with E-state index in [0.29, 0.717) is 19.0 Å². The summed E-state index contributed by atoms with van der Waals surface area (Å²) in [5.74, 6) is -2.07. The molecule has 0 radical (unpaired) electrons. The maximum atomic E-state index is 16.9. The van der Waals surface area contributed by atoms with Gasteiger partial charge in [-0.1, -0.05) is 0 Å². The van der Waals surface area contributed by atoms with Crippen molar-refractivity contribution >= 4 is 22.4 Å². The third kappa shape index (κ3) is 5.80. The highest BCUT2D eigenvalue weighted by Gasteiger charge is 2.48. The van der Waals surface area contributed by atoms with Gasteiger partial charge in [0.05, 0.1) is 23.9 Å². The van der Waals surface area contributed by atoms with Crippen molar-refractivity contribution in [1.82, 2.24) is 25.2 Å². The van der Waals surface area contributed by atoms with Gasteiger partial charge in [-0.15, -0.1) is 0 Å². The summed E-state index contributed by atoms with van der Waals surface area (Å²) in [6.45, 7) is 7.89. The Morgan fingerprint density at radius 3 is 2.55 bits per heavy atom. The van der Waals surface area contributed by atoms with Crippen LogP contribution in [0.5, 0.6) is 11.9 Å². The fourth-order valence-corrected chi connectivity index (χ4v) is 8.27. The van der Waals surface area contributed by atoms with Crippen molar-refractivity contribution in [1.29, 1.82) is 0 Å². The molecule has 15 heteroatoms. The summed E-state index contributed by atoms with van der Waals surface area (Å²) >= 11 is 0. The number of hydrogen-bond donors (Lipinski definition) is 2. The number of benzene rings is 1. The van der Waals surface area contributed by atoms with Crippen LogP contribution in [0.15, 0.2) is 6.07 Å². The van der Waals surface area contributed by atoms with Crippen LogP contribution in [0.2, 0.25) is 0 Å². The monoisotopic (exact) mass is 689 g/mol. The van der Waals surface area contributed by atoms with E-state index in [-0.39, 0.29) is 46.3 Å². The van der Waals surface area contributed by atoms with Crippen LogP contribution in [0.4, 0.5) is 33.5 Å². The van der Waals surface area contributed by atoms with Crippen molar-refractivity contribution < 1.29 is 36.2 Å². The first-order valence-corrected chi connectivity index (χ1v) is 17.1. The van der Waals surface area contributed by atoms with E-state index < -0.39 is 52.0 Å². The SMILES string of the molecule is Cc1c(F)c(N)cc(-c2nc3c4c(nc(OCC5(CN6CCCOCCC6)CC5)nc4c2F)N2C[C@H]4CC[C@H](N4)[C@H]2[C@H](C)O3)c1C(F)(F)F. The molecule has 49 heavy (non-hydrogen) atoms. The lowest BCUT2D eigenvalue weighted by molar-refractivity contribution is -0.137. The van der Waals surface area contributed by atoms with Gasteiger partial charge in [0, 0.05) is 62.5 Å². The first-order chi connectivity index (χ1) is 23.4. The van der Waals surface area contributed by atoms with Gasteiger partial charge in [0.1, 0.15) is 34.3 Å². The summed E-state index contributed by atoms with van der Waals surface area (Å²) in [5, 5.41) is 3.80.